The molecule has 0 aliphatic carbocycles. The van der Waals surface area contributed by atoms with Gasteiger partial charge in [-0.25, -0.2) is 9.37 Å². The van der Waals surface area contributed by atoms with Crippen LogP contribution in [0.3, 0.4) is 0 Å². The number of hydrogen-bond acceptors (Lipinski definition) is 3. The monoisotopic (exact) mass is 257 g/mol. The average molecular weight is 258 g/mol. The Hall–Kier alpha value is -1.13. The molecule has 0 aliphatic heterocycles. The SMILES string of the molecule is COc1cccc(F)c1-c1ncc(CCl)s1. The van der Waals surface area contributed by atoms with Crippen LogP contribution >= 0.6 is 22.9 Å². The van der Waals surface area contributed by atoms with Crippen molar-refractivity contribution in [2.45, 2.75) is 5.88 Å². The minimum absolute atomic E-state index is 0.338. The second kappa shape index (κ2) is 4.80. The first-order chi connectivity index (χ1) is 7.76. The second-order valence-corrected chi connectivity index (χ2v) is 4.46. The molecule has 0 saturated carbocycles. The molecule has 0 bridgehead atoms. The van der Waals surface area contributed by atoms with Crippen molar-refractivity contribution in [3.63, 3.8) is 0 Å². The zero-order valence-corrected chi connectivity index (χ0v) is 10.1. The fourth-order valence-electron chi connectivity index (χ4n) is 1.37. The Bertz CT molecular complexity index is 500. The van der Waals surface area contributed by atoms with Gasteiger partial charge in [0.05, 0.1) is 18.6 Å². The van der Waals surface area contributed by atoms with Crippen LogP contribution in [-0.2, 0) is 5.88 Å². The smallest absolute Gasteiger partial charge is 0.137 e. The van der Waals surface area contributed by atoms with Crippen molar-refractivity contribution in [3.8, 4) is 16.3 Å². The van der Waals surface area contributed by atoms with Gasteiger partial charge in [-0.3, -0.25) is 0 Å². The van der Waals surface area contributed by atoms with E-state index in [1.54, 1.807) is 18.3 Å². The summed E-state index contributed by atoms with van der Waals surface area (Å²) in [5.41, 5.74) is 0.395. The largest absolute Gasteiger partial charge is 0.496 e. The summed E-state index contributed by atoms with van der Waals surface area (Å²) < 4.78 is 18.8. The first kappa shape index (κ1) is 11.4. The molecule has 0 fully saturated rings. The summed E-state index contributed by atoms with van der Waals surface area (Å²) in [6.45, 7) is 0. The number of thiazole rings is 1. The van der Waals surface area contributed by atoms with Crippen LogP contribution < -0.4 is 4.74 Å². The number of methoxy groups -OCH3 is 1. The molecular formula is C11H9ClFNOS. The van der Waals surface area contributed by atoms with E-state index < -0.39 is 0 Å². The summed E-state index contributed by atoms with van der Waals surface area (Å²) >= 11 is 7.05. The van der Waals surface area contributed by atoms with Gasteiger partial charge < -0.3 is 4.74 Å². The van der Waals surface area contributed by atoms with Gasteiger partial charge in [0.25, 0.3) is 0 Å². The van der Waals surface area contributed by atoms with E-state index in [9.17, 15) is 4.39 Å². The van der Waals surface area contributed by atoms with Crippen LogP contribution in [0.2, 0.25) is 0 Å². The van der Waals surface area contributed by atoms with E-state index in [1.165, 1.54) is 24.5 Å². The lowest BCUT2D eigenvalue weighted by Crippen LogP contribution is -1.90. The quantitative estimate of drug-likeness (QED) is 0.783. The molecule has 0 spiro atoms. The Kier molecular flexibility index (Phi) is 3.41. The Morgan fingerprint density at radius 3 is 2.94 bits per heavy atom. The van der Waals surface area contributed by atoms with Gasteiger partial charge in [-0.2, -0.15) is 0 Å². The predicted molar refractivity (Wildman–Crippen MR) is 63.6 cm³/mol. The number of ether oxygens (including phenoxy) is 1. The van der Waals surface area contributed by atoms with Crippen molar-refractivity contribution < 1.29 is 9.13 Å². The predicted octanol–water partition coefficient (Wildman–Crippen LogP) is 3.70. The van der Waals surface area contributed by atoms with Crippen LogP contribution in [0.25, 0.3) is 10.6 Å². The van der Waals surface area contributed by atoms with E-state index in [1.807, 2.05) is 0 Å². The highest BCUT2D eigenvalue weighted by molar-refractivity contribution is 7.15. The van der Waals surface area contributed by atoms with Crippen LogP contribution in [0.5, 0.6) is 5.75 Å². The molecule has 16 heavy (non-hydrogen) atoms. The minimum Gasteiger partial charge on any atom is -0.496 e. The van der Waals surface area contributed by atoms with Crippen LogP contribution in [-0.4, -0.2) is 12.1 Å². The van der Waals surface area contributed by atoms with Crippen molar-refractivity contribution in [2.75, 3.05) is 7.11 Å². The highest BCUT2D eigenvalue weighted by atomic mass is 35.5. The fourth-order valence-corrected chi connectivity index (χ4v) is 2.41. The van der Waals surface area contributed by atoms with Crippen molar-refractivity contribution in [1.82, 2.24) is 4.98 Å². The summed E-state index contributed by atoms with van der Waals surface area (Å²) in [6.07, 6.45) is 1.65. The maximum absolute atomic E-state index is 13.7. The molecule has 0 aliphatic rings. The van der Waals surface area contributed by atoms with E-state index in [0.717, 1.165) is 4.88 Å². The number of rotatable bonds is 3. The molecule has 0 atom stereocenters. The molecule has 0 radical (unpaired) electrons. The Morgan fingerprint density at radius 1 is 1.50 bits per heavy atom. The number of benzene rings is 1. The zero-order valence-electron chi connectivity index (χ0n) is 8.54. The number of aromatic nitrogens is 1. The number of alkyl halides is 1. The number of nitrogens with zero attached hydrogens (tertiary/aromatic N) is 1. The van der Waals surface area contributed by atoms with Gasteiger partial charge in [0.15, 0.2) is 0 Å². The van der Waals surface area contributed by atoms with Gasteiger partial charge in [-0.05, 0) is 12.1 Å². The molecule has 0 amide bonds. The highest BCUT2D eigenvalue weighted by Gasteiger charge is 2.14. The average Bonchev–Trinajstić information content (AvgIpc) is 2.76. The maximum Gasteiger partial charge on any atom is 0.137 e. The summed E-state index contributed by atoms with van der Waals surface area (Å²) in [5, 5.41) is 0.589. The third kappa shape index (κ3) is 2.03. The molecule has 1 heterocycles. The van der Waals surface area contributed by atoms with Gasteiger partial charge in [0.2, 0.25) is 0 Å². The van der Waals surface area contributed by atoms with E-state index in [2.05, 4.69) is 4.98 Å². The van der Waals surface area contributed by atoms with Crippen molar-refractivity contribution in [2.24, 2.45) is 0 Å². The first-order valence-corrected chi connectivity index (χ1v) is 5.95. The molecule has 0 unspecified atom stereocenters. The third-order valence-corrected chi connectivity index (χ3v) is 3.56. The van der Waals surface area contributed by atoms with E-state index in [4.69, 9.17) is 16.3 Å². The molecule has 1 aromatic carbocycles. The normalized spacial score (nSPS) is 10.4. The second-order valence-electron chi connectivity index (χ2n) is 3.08. The zero-order chi connectivity index (χ0) is 11.5. The van der Waals surface area contributed by atoms with Crippen molar-refractivity contribution in [3.05, 3.63) is 35.1 Å². The Morgan fingerprint density at radius 2 is 2.31 bits per heavy atom. The lowest BCUT2D eigenvalue weighted by atomic mass is 10.2. The minimum atomic E-state index is -0.338. The molecule has 5 heteroatoms. The van der Waals surface area contributed by atoms with E-state index >= 15 is 0 Å². The molecule has 2 rings (SSSR count). The molecule has 84 valence electrons. The van der Waals surface area contributed by atoms with Crippen LogP contribution in [0, 0.1) is 5.82 Å². The standard InChI is InChI=1S/C11H9ClFNOS/c1-15-9-4-2-3-8(13)10(9)11-14-6-7(5-12)16-11/h2-4,6H,5H2,1H3. The maximum atomic E-state index is 13.7. The van der Waals surface area contributed by atoms with Crippen LogP contribution in [0.4, 0.5) is 4.39 Å². The van der Waals surface area contributed by atoms with Gasteiger partial charge in [-0.15, -0.1) is 22.9 Å². The summed E-state index contributed by atoms with van der Waals surface area (Å²) in [5.74, 6) is 0.527. The summed E-state index contributed by atoms with van der Waals surface area (Å²) in [4.78, 5) is 5.05. The number of hydrogen-bond donors (Lipinski definition) is 0. The van der Waals surface area contributed by atoms with E-state index in [-0.39, 0.29) is 5.82 Å². The van der Waals surface area contributed by atoms with E-state index in [0.29, 0.717) is 22.2 Å². The summed E-state index contributed by atoms with van der Waals surface area (Å²) in [7, 11) is 1.51. The molecule has 2 nitrogen and oxygen atoms in total. The van der Waals surface area contributed by atoms with Gasteiger partial charge in [0.1, 0.15) is 16.6 Å². The topological polar surface area (TPSA) is 22.1 Å². The van der Waals surface area contributed by atoms with Crippen molar-refractivity contribution in [1.29, 1.82) is 0 Å². The van der Waals surface area contributed by atoms with Gasteiger partial charge >= 0.3 is 0 Å². The highest BCUT2D eigenvalue weighted by Crippen LogP contribution is 2.35. The lowest BCUT2D eigenvalue weighted by Gasteiger charge is -2.06. The molecular weight excluding hydrogens is 249 g/mol. The molecule has 1 aromatic heterocycles. The van der Waals surface area contributed by atoms with Gasteiger partial charge in [-0.1, -0.05) is 6.07 Å². The van der Waals surface area contributed by atoms with Crippen molar-refractivity contribution >= 4 is 22.9 Å². The van der Waals surface area contributed by atoms with Gasteiger partial charge in [0, 0.05) is 11.1 Å². The first-order valence-electron chi connectivity index (χ1n) is 4.59. The number of halogens is 2. The van der Waals surface area contributed by atoms with Crippen LogP contribution in [0.15, 0.2) is 24.4 Å². The molecule has 2 aromatic rings. The third-order valence-electron chi connectivity index (χ3n) is 2.09. The fraction of sp³-hybridized carbons (Fsp3) is 0.182. The molecule has 0 saturated heterocycles. The Balaban J connectivity index is 2.53. The Labute approximate surface area is 102 Å². The lowest BCUT2D eigenvalue weighted by molar-refractivity contribution is 0.413. The molecule has 0 N–H and O–H groups in total. The summed E-state index contributed by atoms with van der Waals surface area (Å²) in [6, 6.07) is 4.70. The van der Waals surface area contributed by atoms with Crippen LogP contribution in [0.1, 0.15) is 4.88 Å².